The van der Waals surface area contributed by atoms with E-state index < -0.39 is 0 Å². The van der Waals surface area contributed by atoms with Crippen molar-refractivity contribution >= 4 is 11.8 Å². The number of rotatable bonds is 2. The van der Waals surface area contributed by atoms with E-state index in [0.29, 0.717) is 36.5 Å². The Morgan fingerprint density at radius 2 is 2.33 bits per heavy atom. The fourth-order valence-corrected chi connectivity index (χ4v) is 3.42. The topological polar surface area (TPSA) is 76.5 Å². The summed E-state index contributed by atoms with van der Waals surface area (Å²) < 4.78 is 7.16. The van der Waals surface area contributed by atoms with E-state index >= 15 is 0 Å². The zero-order valence-electron chi connectivity index (χ0n) is 11.9. The van der Waals surface area contributed by atoms with Gasteiger partial charge in [-0.15, -0.1) is 0 Å². The lowest BCUT2D eigenvalue weighted by atomic mass is 9.76. The van der Waals surface area contributed by atoms with Crippen molar-refractivity contribution in [2.45, 2.75) is 31.5 Å². The Kier molecular flexibility index (Phi) is 2.78. The van der Waals surface area contributed by atoms with Gasteiger partial charge in [-0.3, -0.25) is 14.3 Å². The minimum absolute atomic E-state index is 0.0827. The third kappa shape index (κ3) is 1.95. The quantitative estimate of drug-likeness (QED) is 0.823. The fourth-order valence-electron chi connectivity index (χ4n) is 3.42. The molecule has 3 atom stereocenters. The van der Waals surface area contributed by atoms with E-state index in [1.165, 1.54) is 0 Å². The van der Waals surface area contributed by atoms with Gasteiger partial charge in [-0.1, -0.05) is 0 Å². The minimum Gasteiger partial charge on any atom is -0.378 e. The van der Waals surface area contributed by atoms with Crippen LogP contribution in [0.4, 0.5) is 0 Å². The van der Waals surface area contributed by atoms with E-state index in [1.54, 1.807) is 22.7 Å². The standard InChI is InChI=1S/C14H18N4O3/c1-17-3-4-18-11(14(17)20)6-10(16-18)13(19)15-9-7-12-8(9)2-5-21-12/h6,8-9,12H,2-5,7H2,1H3,(H,15,19)/t8-,9+,12+/m0/s1. The molecule has 0 aromatic carbocycles. The summed E-state index contributed by atoms with van der Waals surface area (Å²) in [5.74, 6) is 0.169. The molecule has 0 bridgehead atoms. The van der Waals surface area contributed by atoms with Gasteiger partial charge in [0.15, 0.2) is 5.69 Å². The Hall–Kier alpha value is -1.89. The maximum atomic E-state index is 12.3. The number of hydrogen-bond acceptors (Lipinski definition) is 4. The largest absolute Gasteiger partial charge is 0.378 e. The molecule has 1 saturated carbocycles. The fraction of sp³-hybridized carbons (Fsp3) is 0.643. The SMILES string of the molecule is CN1CCn2nc(C(=O)N[C@@H]3C[C@H]4OCC[C@@H]34)cc2C1=O. The lowest BCUT2D eigenvalue weighted by Gasteiger charge is -2.39. The Bertz CT molecular complexity index is 611. The lowest BCUT2D eigenvalue weighted by molar-refractivity contribution is 0.00801. The van der Waals surface area contributed by atoms with Crippen LogP contribution in [0.1, 0.15) is 33.8 Å². The summed E-state index contributed by atoms with van der Waals surface area (Å²) >= 11 is 0. The first-order chi connectivity index (χ1) is 10.1. The van der Waals surface area contributed by atoms with Gasteiger partial charge in [0.05, 0.1) is 12.6 Å². The maximum absolute atomic E-state index is 12.3. The lowest BCUT2D eigenvalue weighted by Crippen LogP contribution is -2.53. The highest BCUT2D eigenvalue weighted by atomic mass is 16.5. The summed E-state index contributed by atoms with van der Waals surface area (Å²) in [6, 6.07) is 1.77. The van der Waals surface area contributed by atoms with Crippen LogP contribution in [0.15, 0.2) is 6.07 Å². The average Bonchev–Trinajstić information content (AvgIpc) is 3.04. The molecule has 1 N–H and O–H groups in total. The molecule has 21 heavy (non-hydrogen) atoms. The van der Waals surface area contributed by atoms with Crippen LogP contribution in [0.5, 0.6) is 0 Å². The molecule has 3 aliphatic rings. The molecule has 7 heteroatoms. The van der Waals surface area contributed by atoms with Crippen LogP contribution in [0.2, 0.25) is 0 Å². The normalized spacial score (nSPS) is 30.6. The molecule has 2 aliphatic heterocycles. The molecular weight excluding hydrogens is 272 g/mol. The van der Waals surface area contributed by atoms with Crippen molar-refractivity contribution in [2.75, 3.05) is 20.2 Å². The number of aromatic nitrogens is 2. The molecule has 7 nitrogen and oxygen atoms in total. The van der Waals surface area contributed by atoms with Crippen LogP contribution in [-0.2, 0) is 11.3 Å². The van der Waals surface area contributed by atoms with Crippen LogP contribution in [0.3, 0.4) is 0 Å². The zero-order valence-corrected chi connectivity index (χ0v) is 11.9. The monoisotopic (exact) mass is 290 g/mol. The number of hydrogen-bond donors (Lipinski definition) is 1. The highest BCUT2D eigenvalue weighted by molar-refractivity contribution is 5.98. The van der Waals surface area contributed by atoms with Crippen molar-refractivity contribution in [1.82, 2.24) is 20.0 Å². The van der Waals surface area contributed by atoms with Crippen molar-refractivity contribution < 1.29 is 14.3 Å². The van der Waals surface area contributed by atoms with Gasteiger partial charge in [-0.25, -0.2) is 0 Å². The Morgan fingerprint density at radius 3 is 3.14 bits per heavy atom. The number of ether oxygens (including phenoxy) is 1. The number of nitrogens with zero attached hydrogens (tertiary/aromatic N) is 3. The molecule has 2 fully saturated rings. The smallest absolute Gasteiger partial charge is 0.272 e. The highest BCUT2D eigenvalue weighted by Crippen LogP contribution is 2.38. The third-order valence-electron chi connectivity index (χ3n) is 4.81. The van der Waals surface area contributed by atoms with E-state index in [9.17, 15) is 9.59 Å². The molecule has 1 aromatic heterocycles. The second kappa shape index (κ2) is 4.56. The average molecular weight is 290 g/mol. The van der Waals surface area contributed by atoms with Gasteiger partial charge in [0.25, 0.3) is 11.8 Å². The summed E-state index contributed by atoms with van der Waals surface area (Å²) in [5.41, 5.74) is 0.820. The minimum atomic E-state index is -0.192. The van der Waals surface area contributed by atoms with Gasteiger partial charge in [0.2, 0.25) is 0 Å². The van der Waals surface area contributed by atoms with Gasteiger partial charge in [-0.05, 0) is 12.8 Å². The van der Waals surface area contributed by atoms with Gasteiger partial charge >= 0.3 is 0 Å². The summed E-state index contributed by atoms with van der Waals surface area (Å²) in [7, 11) is 1.76. The number of carbonyl (C=O) groups is 2. The Labute approximate surface area is 122 Å². The molecule has 0 unspecified atom stereocenters. The number of fused-ring (bicyclic) bond motifs is 2. The molecule has 4 rings (SSSR count). The maximum Gasteiger partial charge on any atom is 0.272 e. The first-order valence-electron chi connectivity index (χ1n) is 7.39. The van der Waals surface area contributed by atoms with Crippen molar-refractivity contribution in [2.24, 2.45) is 5.92 Å². The molecular formula is C14H18N4O3. The Balaban J connectivity index is 1.48. The number of nitrogens with one attached hydrogen (secondary N) is 1. The molecule has 3 heterocycles. The van der Waals surface area contributed by atoms with E-state index in [1.807, 2.05) is 0 Å². The van der Waals surface area contributed by atoms with Crippen molar-refractivity contribution in [3.8, 4) is 0 Å². The third-order valence-corrected chi connectivity index (χ3v) is 4.81. The van der Waals surface area contributed by atoms with Crippen molar-refractivity contribution in [3.05, 3.63) is 17.5 Å². The summed E-state index contributed by atoms with van der Waals surface area (Å²) in [5, 5.41) is 7.28. The van der Waals surface area contributed by atoms with Crippen molar-refractivity contribution in [1.29, 1.82) is 0 Å². The predicted octanol–water partition coefficient (Wildman–Crippen LogP) is -0.124. The number of likely N-dealkylation sites (N-methyl/N-ethyl adjacent to an activating group) is 1. The van der Waals surface area contributed by atoms with E-state index in [2.05, 4.69) is 10.4 Å². The number of carbonyl (C=O) groups excluding carboxylic acids is 2. The van der Waals surface area contributed by atoms with Crippen LogP contribution in [0, 0.1) is 5.92 Å². The molecule has 1 saturated heterocycles. The second-order valence-corrected chi connectivity index (χ2v) is 6.04. The summed E-state index contributed by atoms with van der Waals surface area (Å²) in [6.07, 6.45) is 2.21. The van der Waals surface area contributed by atoms with E-state index in [0.717, 1.165) is 19.4 Å². The first kappa shape index (κ1) is 12.8. The zero-order chi connectivity index (χ0) is 14.6. The van der Waals surface area contributed by atoms with Gasteiger partial charge in [-0.2, -0.15) is 5.10 Å². The Morgan fingerprint density at radius 1 is 1.48 bits per heavy atom. The van der Waals surface area contributed by atoms with E-state index in [-0.39, 0.29) is 17.9 Å². The van der Waals surface area contributed by atoms with Crippen LogP contribution < -0.4 is 5.32 Å². The van der Waals surface area contributed by atoms with Crippen LogP contribution in [-0.4, -0.2) is 58.8 Å². The molecule has 1 aromatic rings. The summed E-state index contributed by atoms with van der Waals surface area (Å²) in [6.45, 7) is 2.05. The first-order valence-corrected chi connectivity index (χ1v) is 7.39. The molecule has 1 aliphatic carbocycles. The van der Waals surface area contributed by atoms with Crippen molar-refractivity contribution in [3.63, 3.8) is 0 Å². The molecule has 112 valence electrons. The van der Waals surface area contributed by atoms with Crippen LogP contribution in [0.25, 0.3) is 0 Å². The van der Waals surface area contributed by atoms with Gasteiger partial charge in [0, 0.05) is 38.2 Å². The van der Waals surface area contributed by atoms with Crippen LogP contribution >= 0.6 is 0 Å². The van der Waals surface area contributed by atoms with Gasteiger partial charge < -0.3 is 15.0 Å². The summed E-state index contributed by atoms with van der Waals surface area (Å²) in [4.78, 5) is 25.9. The number of amides is 2. The highest BCUT2D eigenvalue weighted by Gasteiger charge is 2.46. The molecule has 0 spiro atoms. The molecule has 2 amide bonds. The second-order valence-electron chi connectivity index (χ2n) is 6.04. The molecule has 0 radical (unpaired) electrons. The predicted molar refractivity (Wildman–Crippen MR) is 72.9 cm³/mol. The van der Waals surface area contributed by atoms with Gasteiger partial charge in [0.1, 0.15) is 5.69 Å². The van der Waals surface area contributed by atoms with E-state index in [4.69, 9.17) is 4.74 Å².